The van der Waals surface area contributed by atoms with Crippen molar-refractivity contribution in [3.8, 4) is 0 Å². The number of morpholine rings is 1. The maximum absolute atomic E-state index is 11.7. The van der Waals surface area contributed by atoms with Gasteiger partial charge in [0.15, 0.2) is 5.43 Å². The van der Waals surface area contributed by atoms with Crippen molar-refractivity contribution in [3.63, 3.8) is 0 Å². The van der Waals surface area contributed by atoms with Gasteiger partial charge in [-0.05, 0) is 0 Å². The lowest BCUT2D eigenvalue weighted by molar-refractivity contribution is 0.0383. The Morgan fingerprint density at radius 1 is 1.44 bits per heavy atom. The highest BCUT2D eigenvalue weighted by atomic mass is 16.5. The fourth-order valence-corrected chi connectivity index (χ4v) is 1.84. The molecule has 1 aliphatic heterocycles. The highest BCUT2D eigenvalue weighted by molar-refractivity contribution is 5.93. The molecule has 0 saturated carbocycles. The molecule has 6 nitrogen and oxygen atoms in total. The summed E-state index contributed by atoms with van der Waals surface area (Å²) in [5.74, 6) is -0.329. The van der Waals surface area contributed by atoms with E-state index in [1.165, 1.54) is 18.5 Å². The van der Waals surface area contributed by atoms with Crippen LogP contribution in [0.3, 0.4) is 0 Å². The van der Waals surface area contributed by atoms with Crippen LogP contribution in [0.2, 0.25) is 0 Å². The second-order valence-electron chi connectivity index (χ2n) is 4.13. The van der Waals surface area contributed by atoms with Crippen LogP contribution in [-0.4, -0.2) is 55.2 Å². The quantitative estimate of drug-likeness (QED) is 0.752. The molecule has 2 rings (SSSR count). The number of amides is 1. The molecule has 2 heterocycles. The first kappa shape index (κ1) is 12.8. The molecular weight excluding hydrogens is 234 g/mol. The molecular formula is C12H17N3O3. The van der Waals surface area contributed by atoms with E-state index in [1.54, 1.807) is 0 Å². The van der Waals surface area contributed by atoms with Crippen molar-refractivity contribution in [2.24, 2.45) is 0 Å². The molecule has 1 aromatic heterocycles. The number of rotatable bonds is 4. The number of nitrogens with zero attached hydrogens (tertiary/aromatic N) is 1. The number of ether oxygens (including phenoxy) is 1. The zero-order chi connectivity index (χ0) is 12.8. The number of H-pyrrole nitrogens is 1. The molecule has 18 heavy (non-hydrogen) atoms. The van der Waals surface area contributed by atoms with Crippen LogP contribution < -0.4 is 10.7 Å². The summed E-state index contributed by atoms with van der Waals surface area (Å²) in [6.07, 6.45) is 2.93. The first-order chi connectivity index (χ1) is 8.77. The van der Waals surface area contributed by atoms with Gasteiger partial charge in [-0.1, -0.05) is 0 Å². The van der Waals surface area contributed by atoms with Crippen molar-refractivity contribution in [1.29, 1.82) is 0 Å². The molecule has 0 radical (unpaired) electrons. The van der Waals surface area contributed by atoms with E-state index in [9.17, 15) is 9.59 Å². The monoisotopic (exact) mass is 251 g/mol. The molecule has 0 bridgehead atoms. The molecule has 1 aromatic rings. The zero-order valence-corrected chi connectivity index (χ0v) is 10.1. The fraction of sp³-hybridized carbons (Fsp3) is 0.500. The van der Waals surface area contributed by atoms with E-state index in [2.05, 4.69) is 15.2 Å². The molecule has 0 aromatic carbocycles. The summed E-state index contributed by atoms with van der Waals surface area (Å²) < 4.78 is 5.24. The highest BCUT2D eigenvalue weighted by Crippen LogP contribution is 1.95. The summed E-state index contributed by atoms with van der Waals surface area (Å²) in [6.45, 7) is 4.58. The lowest BCUT2D eigenvalue weighted by Crippen LogP contribution is -2.41. The van der Waals surface area contributed by atoms with Gasteiger partial charge in [0.2, 0.25) is 0 Å². The van der Waals surface area contributed by atoms with Gasteiger partial charge in [0.25, 0.3) is 5.91 Å². The molecule has 98 valence electrons. The minimum Gasteiger partial charge on any atom is -0.379 e. The number of carbonyl (C=O) groups is 1. The number of hydrogen-bond donors (Lipinski definition) is 2. The molecule has 0 aliphatic carbocycles. The van der Waals surface area contributed by atoms with Crippen molar-refractivity contribution in [2.75, 3.05) is 39.4 Å². The van der Waals surface area contributed by atoms with Crippen molar-refractivity contribution >= 4 is 5.91 Å². The van der Waals surface area contributed by atoms with E-state index in [4.69, 9.17) is 4.74 Å². The molecule has 0 atom stereocenters. The van der Waals surface area contributed by atoms with Gasteiger partial charge in [0, 0.05) is 44.6 Å². The smallest absolute Gasteiger partial charge is 0.256 e. The maximum atomic E-state index is 11.7. The Morgan fingerprint density at radius 2 is 2.22 bits per heavy atom. The van der Waals surface area contributed by atoms with Crippen molar-refractivity contribution in [3.05, 3.63) is 34.2 Å². The fourth-order valence-electron chi connectivity index (χ4n) is 1.84. The SMILES string of the molecule is O=C(NCCN1CCOCC1)c1c[nH]ccc1=O. The summed E-state index contributed by atoms with van der Waals surface area (Å²) in [5, 5.41) is 2.75. The topological polar surface area (TPSA) is 74.4 Å². The first-order valence-electron chi connectivity index (χ1n) is 6.03. The minimum atomic E-state index is -0.329. The van der Waals surface area contributed by atoms with Gasteiger partial charge in [0.1, 0.15) is 5.56 Å². The van der Waals surface area contributed by atoms with Crippen LogP contribution in [0.4, 0.5) is 0 Å². The normalized spacial score (nSPS) is 16.4. The summed E-state index contributed by atoms with van der Waals surface area (Å²) >= 11 is 0. The molecule has 0 spiro atoms. The van der Waals surface area contributed by atoms with Gasteiger partial charge >= 0.3 is 0 Å². The lowest BCUT2D eigenvalue weighted by Gasteiger charge is -2.26. The summed E-state index contributed by atoms with van der Waals surface area (Å²) in [6, 6.07) is 1.34. The highest BCUT2D eigenvalue weighted by Gasteiger charge is 2.12. The van der Waals surface area contributed by atoms with E-state index in [-0.39, 0.29) is 16.9 Å². The Balaban J connectivity index is 1.78. The van der Waals surface area contributed by atoms with Crippen molar-refractivity contribution in [2.45, 2.75) is 0 Å². The molecule has 0 unspecified atom stereocenters. The Hall–Kier alpha value is -1.66. The lowest BCUT2D eigenvalue weighted by atomic mass is 10.2. The first-order valence-corrected chi connectivity index (χ1v) is 6.03. The van der Waals surface area contributed by atoms with Crippen LogP contribution in [0.5, 0.6) is 0 Å². The van der Waals surface area contributed by atoms with Gasteiger partial charge < -0.3 is 15.0 Å². The molecule has 2 N–H and O–H groups in total. The van der Waals surface area contributed by atoms with Crippen LogP contribution in [0.1, 0.15) is 10.4 Å². The van der Waals surface area contributed by atoms with E-state index in [0.29, 0.717) is 6.54 Å². The van der Waals surface area contributed by atoms with Crippen LogP contribution in [0.25, 0.3) is 0 Å². The minimum absolute atomic E-state index is 0.152. The van der Waals surface area contributed by atoms with Gasteiger partial charge in [-0.2, -0.15) is 0 Å². The number of pyridine rings is 1. The van der Waals surface area contributed by atoms with Crippen LogP contribution in [-0.2, 0) is 4.74 Å². The Kier molecular flexibility index (Phi) is 4.49. The Bertz CT molecular complexity index is 452. The van der Waals surface area contributed by atoms with E-state index in [1.807, 2.05) is 0 Å². The number of nitrogens with one attached hydrogen (secondary N) is 2. The third-order valence-electron chi connectivity index (χ3n) is 2.89. The standard InChI is InChI=1S/C12H17N3O3/c16-11-1-2-13-9-10(11)12(17)14-3-4-15-5-7-18-8-6-15/h1-2,9H,3-8H2,(H,13,16)(H,14,17). The predicted molar refractivity (Wildman–Crippen MR) is 66.7 cm³/mol. The molecule has 1 fully saturated rings. The van der Waals surface area contributed by atoms with E-state index >= 15 is 0 Å². The van der Waals surface area contributed by atoms with Crippen LogP contribution in [0, 0.1) is 0 Å². The van der Waals surface area contributed by atoms with Crippen molar-refractivity contribution in [1.82, 2.24) is 15.2 Å². The van der Waals surface area contributed by atoms with Gasteiger partial charge in [-0.3, -0.25) is 14.5 Å². The molecule has 1 saturated heterocycles. The van der Waals surface area contributed by atoms with Gasteiger partial charge in [0.05, 0.1) is 13.2 Å². The average molecular weight is 251 g/mol. The zero-order valence-electron chi connectivity index (χ0n) is 10.1. The van der Waals surface area contributed by atoms with Gasteiger partial charge in [-0.15, -0.1) is 0 Å². The third kappa shape index (κ3) is 3.41. The van der Waals surface area contributed by atoms with E-state index in [0.717, 1.165) is 32.8 Å². The van der Waals surface area contributed by atoms with Crippen LogP contribution in [0.15, 0.2) is 23.3 Å². The summed E-state index contributed by atoms with van der Waals surface area (Å²) in [4.78, 5) is 28.1. The van der Waals surface area contributed by atoms with E-state index < -0.39 is 0 Å². The molecule has 6 heteroatoms. The maximum Gasteiger partial charge on any atom is 0.256 e. The van der Waals surface area contributed by atoms with Crippen LogP contribution >= 0.6 is 0 Å². The van der Waals surface area contributed by atoms with Gasteiger partial charge in [-0.25, -0.2) is 0 Å². The number of carbonyl (C=O) groups excluding carboxylic acids is 1. The molecule has 1 amide bonds. The average Bonchev–Trinajstić information content (AvgIpc) is 2.40. The second-order valence-corrected chi connectivity index (χ2v) is 4.13. The number of hydrogen-bond acceptors (Lipinski definition) is 4. The third-order valence-corrected chi connectivity index (χ3v) is 2.89. The number of aromatic amines is 1. The number of aromatic nitrogens is 1. The second kappa shape index (κ2) is 6.32. The molecule has 1 aliphatic rings. The Morgan fingerprint density at radius 3 is 2.94 bits per heavy atom. The van der Waals surface area contributed by atoms with Crippen molar-refractivity contribution < 1.29 is 9.53 Å². The summed E-state index contributed by atoms with van der Waals surface area (Å²) in [5.41, 5.74) is -0.114. The summed E-state index contributed by atoms with van der Waals surface area (Å²) in [7, 11) is 0. The predicted octanol–water partition coefficient (Wildman–Crippen LogP) is -0.563. The largest absolute Gasteiger partial charge is 0.379 e. The Labute approximate surface area is 105 Å².